The number of nitrogens with two attached hydrogens (primary N) is 1. The van der Waals surface area contributed by atoms with E-state index < -0.39 is 17.7 Å². The molecule has 0 fully saturated rings. The van der Waals surface area contributed by atoms with Crippen LogP contribution in [0.1, 0.15) is 30.5 Å². The molecular formula is C32H34F2N4O3. The van der Waals surface area contributed by atoms with Crippen molar-refractivity contribution in [1.29, 1.82) is 0 Å². The number of nitrogens with one attached hydrogen (secondary N) is 1. The second-order valence-electron chi connectivity index (χ2n) is 9.96. The lowest BCUT2D eigenvalue weighted by Gasteiger charge is -2.22. The van der Waals surface area contributed by atoms with Crippen LogP contribution in [-0.2, 0) is 29.0 Å². The lowest BCUT2D eigenvalue weighted by molar-refractivity contribution is -0.128. The molecule has 1 aromatic heterocycles. The maximum absolute atomic E-state index is 13.9. The van der Waals surface area contributed by atoms with Gasteiger partial charge in [-0.25, -0.2) is 13.8 Å². The summed E-state index contributed by atoms with van der Waals surface area (Å²) in [6.45, 7) is 1.59. The Morgan fingerprint density at radius 2 is 1.83 bits per heavy atom. The van der Waals surface area contributed by atoms with Gasteiger partial charge in [-0.15, -0.1) is 0 Å². The summed E-state index contributed by atoms with van der Waals surface area (Å²) >= 11 is 0. The van der Waals surface area contributed by atoms with E-state index in [1.807, 2.05) is 53.4 Å². The van der Waals surface area contributed by atoms with Crippen molar-refractivity contribution in [3.8, 4) is 5.75 Å². The SMILES string of the molecule is C.Nc1nccc2cc(CCC(=O)[C@H](Cc3ccc(F)c(F)c3)NC(=O)CN3CCOc4ccccc4C3)ccc12. The predicted octanol–water partition coefficient (Wildman–Crippen LogP) is 4.86. The minimum absolute atomic E-state index is 0. The molecule has 1 aliphatic rings. The topological polar surface area (TPSA) is 97.5 Å². The molecule has 0 saturated carbocycles. The third-order valence-corrected chi connectivity index (χ3v) is 7.07. The van der Waals surface area contributed by atoms with Gasteiger partial charge in [0.15, 0.2) is 17.4 Å². The number of rotatable bonds is 9. The average molecular weight is 561 g/mol. The normalized spacial score (nSPS) is 13.8. The molecule has 0 bridgehead atoms. The highest BCUT2D eigenvalue weighted by molar-refractivity contribution is 5.92. The van der Waals surface area contributed by atoms with E-state index >= 15 is 0 Å². The third-order valence-electron chi connectivity index (χ3n) is 7.07. The van der Waals surface area contributed by atoms with E-state index in [2.05, 4.69) is 10.3 Å². The number of aromatic nitrogens is 1. The fraction of sp³-hybridized carbons (Fsp3) is 0.281. The van der Waals surface area contributed by atoms with Gasteiger partial charge in [-0.2, -0.15) is 0 Å². The molecule has 4 aromatic rings. The number of nitrogen functional groups attached to an aromatic ring is 1. The summed E-state index contributed by atoms with van der Waals surface area (Å²) in [6, 6.07) is 17.9. The lowest BCUT2D eigenvalue weighted by atomic mass is 9.96. The number of ether oxygens (including phenoxy) is 1. The van der Waals surface area contributed by atoms with Crippen LogP contribution in [0, 0.1) is 11.6 Å². The highest BCUT2D eigenvalue weighted by Gasteiger charge is 2.24. The number of ketones is 1. The van der Waals surface area contributed by atoms with E-state index in [0.717, 1.165) is 39.8 Å². The second kappa shape index (κ2) is 13.3. The molecule has 0 unspecified atom stereocenters. The predicted molar refractivity (Wildman–Crippen MR) is 155 cm³/mol. The smallest absolute Gasteiger partial charge is 0.234 e. The Morgan fingerprint density at radius 1 is 1.02 bits per heavy atom. The standard InChI is InChI=1S/C31H30F2N4O3.CH4/c32-25-9-6-21(16-26(25)33)17-27(28(38)10-7-20-5-8-24-22(15-20)11-12-35-31(24)34)36-30(39)19-37-13-14-40-29-4-2-1-3-23(29)18-37;/h1-6,8-9,11-12,15-16,27H,7,10,13-14,17-19H2,(H2,34,35)(H,36,39);1H4/t27-;/m0./s1. The molecule has 214 valence electrons. The molecule has 41 heavy (non-hydrogen) atoms. The van der Waals surface area contributed by atoms with Crippen LogP contribution in [0.5, 0.6) is 5.75 Å². The number of benzene rings is 3. The monoisotopic (exact) mass is 560 g/mol. The zero-order valence-corrected chi connectivity index (χ0v) is 21.9. The van der Waals surface area contributed by atoms with Crippen LogP contribution in [0.4, 0.5) is 14.6 Å². The van der Waals surface area contributed by atoms with Gasteiger partial charge in [-0.1, -0.05) is 49.9 Å². The first kappa shape index (κ1) is 29.6. The summed E-state index contributed by atoms with van der Waals surface area (Å²) in [6.07, 6.45) is 2.29. The number of para-hydroxylation sites is 1. The van der Waals surface area contributed by atoms with Crippen LogP contribution in [-0.4, -0.2) is 47.3 Å². The Morgan fingerprint density at radius 3 is 2.66 bits per heavy atom. The number of hydrogen-bond donors (Lipinski definition) is 2. The maximum atomic E-state index is 13.9. The van der Waals surface area contributed by atoms with E-state index in [9.17, 15) is 18.4 Å². The van der Waals surface area contributed by atoms with E-state index in [-0.39, 0.29) is 38.5 Å². The summed E-state index contributed by atoms with van der Waals surface area (Å²) in [7, 11) is 0. The average Bonchev–Trinajstić information content (AvgIpc) is 3.15. The summed E-state index contributed by atoms with van der Waals surface area (Å²) < 4.78 is 33.2. The number of nitrogens with zero attached hydrogens (tertiary/aromatic N) is 2. The van der Waals surface area contributed by atoms with Crippen LogP contribution in [0.15, 0.2) is 72.9 Å². The first-order chi connectivity index (χ1) is 19.4. The van der Waals surface area contributed by atoms with Gasteiger partial charge >= 0.3 is 0 Å². The van der Waals surface area contributed by atoms with E-state index in [0.29, 0.717) is 37.5 Å². The second-order valence-corrected chi connectivity index (χ2v) is 9.96. The molecule has 1 atom stereocenters. The van der Waals surface area contributed by atoms with Gasteiger partial charge in [0.05, 0.1) is 12.6 Å². The van der Waals surface area contributed by atoms with Crippen LogP contribution in [0.3, 0.4) is 0 Å². The fourth-order valence-electron chi connectivity index (χ4n) is 4.95. The number of anilines is 1. The van der Waals surface area contributed by atoms with E-state index in [1.54, 1.807) is 6.20 Å². The van der Waals surface area contributed by atoms with E-state index in [1.165, 1.54) is 6.07 Å². The summed E-state index contributed by atoms with van der Waals surface area (Å²) in [5.74, 6) is -1.25. The van der Waals surface area contributed by atoms with Crippen molar-refractivity contribution in [3.63, 3.8) is 0 Å². The van der Waals surface area contributed by atoms with Crippen molar-refractivity contribution in [2.24, 2.45) is 0 Å². The van der Waals surface area contributed by atoms with Crippen molar-refractivity contribution in [2.75, 3.05) is 25.4 Å². The third kappa shape index (κ3) is 7.43. The van der Waals surface area contributed by atoms with Crippen LogP contribution in [0.2, 0.25) is 0 Å². The Balaban J connectivity index is 0.00000387. The minimum atomic E-state index is -0.997. The van der Waals surface area contributed by atoms with Gasteiger partial charge < -0.3 is 15.8 Å². The lowest BCUT2D eigenvalue weighted by Crippen LogP contribution is -2.47. The molecule has 2 heterocycles. The first-order valence-corrected chi connectivity index (χ1v) is 13.2. The van der Waals surface area contributed by atoms with Crippen molar-refractivity contribution in [3.05, 3.63) is 101 Å². The number of amides is 1. The van der Waals surface area contributed by atoms with Gasteiger partial charge in [0, 0.05) is 36.7 Å². The van der Waals surface area contributed by atoms with Crippen LogP contribution in [0.25, 0.3) is 10.8 Å². The molecule has 7 nitrogen and oxygen atoms in total. The summed E-state index contributed by atoms with van der Waals surface area (Å²) in [4.78, 5) is 32.6. The van der Waals surface area contributed by atoms with Gasteiger partial charge in [0.1, 0.15) is 18.2 Å². The number of hydrogen-bond acceptors (Lipinski definition) is 6. The number of Topliss-reactive ketones (excluding diaryl/α,β-unsaturated/α-hetero) is 1. The summed E-state index contributed by atoms with van der Waals surface area (Å²) in [5, 5.41) is 4.61. The van der Waals surface area contributed by atoms with E-state index in [4.69, 9.17) is 10.5 Å². The maximum Gasteiger partial charge on any atom is 0.234 e. The number of fused-ring (bicyclic) bond motifs is 2. The molecule has 3 aromatic carbocycles. The first-order valence-electron chi connectivity index (χ1n) is 13.2. The highest BCUT2D eigenvalue weighted by atomic mass is 19.2. The molecule has 1 amide bonds. The quantitative estimate of drug-likeness (QED) is 0.304. The molecule has 1 aliphatic heterocycles. The number of pyridine rings is 1. The van der Waals surface area contributed by atoms with Crippen molar-refractivity contribution < 1.29 is 23.1 Å². The van der Waals surface area contributed by atoms with Crippen molar-refractivity contribution >= 4 is 28.3 Å². The number of carbonyl (C=O) groups is 2. The van der Waals surface area contributed by atoms with Gasteiger partial charge in [-0.05, 0) is 53.6 Å². The Kier molecular flexibility index (Phi) is 9.62. The fourth-order valence-corrected chi connectivity index (χ4v) is 4.95. The molecule has 5 rings (SSSR count). The van der Waals surface area contributed by atoms with Crippen LogP contribution < -0.4 is 15.8 Å². The van der Waals surface area contributed by atoms with Gasteiger partial charge in [0.25, 0.3) is 0 Å². The Hall–Kier alpha value is -4.37. The zero-order valence-electron chi connectivity index (χ0n) is 21.9. The Bertz CT molecular complexity index is 1540. The number of halogens is 2. The number of aryl methyl sites for hydroxylation is 1. The van der Waals surface area contributed by atoms with Gasteiger partial charge in [0.2, 0.25) is 5.91 Å². The molecular weight excluding hydrogens is 526 g/mol. The molecule has 0 aliphatic carbocycles. The molecule has 0 saturated heterocycles. The van der Waals surface area contributed by atoms with Gasteiger partial charge in [-0.3, -0.25) is 14.5 Å². The zero-order chi connectivity index (χ0) is 28.1. The summed E-state index contributed by atoms with van der Waals surface area (Å²) in [5.41, 5.74) is 8.28. The molecule has 9 heteroatoms. The molecule has 0 radical (unpaired) electrons. The van der Waals surface area contributed by atoms with Crippen LogP contribution >= 0.6 is 0 Å². The molecule has 3 N–H and O–H groups in total. The highest BCUT2D eigenvalue weighted by Crippen LogP contribution is 2.23. The largest absolute Gasteiger partial charge is 0.492 e. The Labute approximate surface area is 238 Å². The van der Waals surface area contributed by atoms with Crippen molar-refractivity contribution in [1.82, 2.24) is 15.2 Å². The molecule has 0 spiro atoms. The minimum Gasteiger partial charge on any atom is -0.492 e. The van der Waals surface area contributed by atoms with Crippen molar-refractivity contribution in [2.45, 2.75) is 39.3 Å². The number of carbonyl (C=O) groups excluding carboxylic acids is 2.